The van der Waals surface area contributed by atoms with Gasteiger partial charge in [-0.1, -0.05) is 0 Å². The molecule has 2 rings (SSSR count). The highest BCUT2D eigenvalue weighted by Gasteiger charge is 2.13. The number of anilines is 1. The number of likely N-dealkylation sites (N-methyl/N-ethyl adjacent to an activating group) is 1. The Labute approximate surface area is 95.3 Å². The van der Waals surface area contributed by atoms with E-state index >= 15 is 0 Å². The molecule has 84 valence electrons. The fourth-order valence-corrected chi connectivity index (χ4v) is 1.82. The van der Waals surface area contributed by atoms with E-state index in [2.05, 4.69) is 26.8 Å². The van der Waals surface area contributed by atoms with Crippen molar-refractivity contribution in [2.24, 2.45) is 0 Å². The lowest BCUT2D eigenvalue weighted by molar-refractivity contribution is 0.360. The Bertz CT molecular complexity index is 380. The third-order valence-corrected chi connectivity index (χ3v) is 2.80. The Kier molecular flexibility index (Phi) is 3.32. The smallest absolute Gasteiger partial charge is 0.158 e. The summed E-state index contributed by atoms with van der Waals surface area (Å²) in [6, 6.07) is 1.98. The molecule has 5 heteroatoms. The summed E-state index contributed by atoms with van der Waals surface area (Å²) in [6.45, 7) is 4.14. The summed E-state index contributed by atoms with van der Waals surface area (Å²) in [5, 5.41) is 8.65. The molecule has 0 spiro atoms. The molecule has 0 aliphatic carbocycles. The van der Waals surface area contributed by atoms with Crippen LogP contribution in [0.2, 0.25) is 0 Å². The van der Waals surface area contributed by atoms with Crippen molar-refractivity contribution in [3.05, 3.63) is 18.1 Å². The van der Waals surface area contributed by atoms with Crippen LogP contribution in [0.25, 0.3) is 0 Å². The number of hydrogen-bond donors (Lipinski definition) is 0. The molecular formula is C11H15N5. The van der Waals surface area contributed by atoms with Crippen molar-refractivity contribution in [2.75, 3.05) is 38.1 Å². The van der Waals surface area contributed by atoms with E-state index in [1.165, 1.54) is 6.20 Å². The van der Waals surface area contributed by atoms with E-state index in [4.69, 9.17) is 5.26 Å². The van der Waals surface area contributed by atoms with E-state index in [1.54, 1.807) is 6.20 Å². The van der Waals surface area contributed by atoms with Crippen LogP contribution < -0.4 is 4.90 Å². The van der Waals surface area contributed by atoms with Crippen LogP contribution in [0.15, 0.2) is 12.4 Å². The van der Waals surface area contributed by atoms with Crippen molar-refractivity contribution in [2.45, 2.75) is 6.42 Å². The molecule has 0 bridgehead atoms. The summed E-state index contributed by atoms with van der Waals surface area (Å²) >= 11 is 0. The molecule has 1 fully saturated rings. The summed E-state index contributed by atoms with van der Waals surface area (Å²) in [5.74, 6) is 0.870. The van der Waals surface area contributed by atoms with Crippen molar-refractivity contribution in [1.82, 2.24) is 14.9 Å². The van der Waals surface area contributed by atoms with Crippen LogP contribution in [-0.2, 0) is 0 Å². The van der Waals surface area contributed by atoms with Gasteiger partial charge in [0, 0.05) is 19.6 Å². The normalized spacial score (nSPS) is 17.9. The second-order valence-electron chi connectivity index (χ2n) is 4.02. The van der Waals surface area contributed by atoms with Gasteiger partial charge in [0.1, 0.15) is 11.9 Å². The molecule has 0 atom stereocenters. The van der Waals surface area contributed by atoms with Gasteiger partial charge in [0.05, 0.1) is 12.4 Å². The lowest BCUT2D eigenvalue weighted by Crippen LogP contribution is -2.29. The molecule has 0 amide bonds. The molecule has 1 saturated heterocycles. The van der Waals surface area contributed by atoms with Crippen molar-refractivity contribution in [3.63, 3.8) is 0 Å². The predicted octanol–water partition coefficient (Wildman–Crippen LogP) is 0.490. The van der Waals surface area contributed by atoms with Crippen molar-refractivity contribution in [3.8, 4) is 6.07 Å². The maximum Gasteiger partial charge on any atom is 0.158 e. The molecule has 0 radical (unpaired) electrons. The Balaban J connectivity index is 2.08. The van der Waals surface area contributed by atoms with Gasteiger partial charge in [-0.05, 0) is 20.0 Å². The average molecular weight is 217 g/mol. The second kappa shape index (κ2) is 4.90. The van der Waals surface area contributed by atoms with E-state index in [1.807, 2.05) is 6.07 Å². The predicted molar refractivity (Wildman–Crippen MR) is 61.1 cm³/mol. The fraction of sp³-hybridized carbons (Fsp3) is 0.545. The van der Waals surface area contributed by atoms with Crippen LogP contribution in [0.1, 0.15) is 12.1 Å². The Morgan fingerprint density at radius 3 is 2.75 bits per heavy atom. The largest absolute Gasteiger partial charge is 0.354 e. The zero-order valence-corrected chi connectivity index (χ0v) is 9.43. The SMILES string of the molecule is CN1CCCN(c2cnc(C#N)cn2)CC1. The summed E-state index contributed by atoms with van der Waals surface area (Å²) in [6.07, 6.45) is 4.35. The average Bonchev–Trinajstić information content (AvgIpc) is 2.54. The van der Waals surface area contributed by atoms with Crippen LogP contribution in [0.4, 0.5) is 5.82 Å². The third-order valence-electron chi connectivity index (χ3n) is 2.80. The van der Waals surface area contributed by atoms with E-state index in [-0.39, 0.29) is 0 Å². The molecular weight excluding hydrogens is 202 g/mol. The van der Waals surface area contributed by atoms with Gasteiger partial charge in [-0.25, -0.2) is 9.97 Å². The third kappa shape index (κ3) is 2.47. The van der Waals surface area contributed by atoms with Crippen molar-refractivity contribution in [1.29, 1.82) is 5.26 Å². The summed E-state index contributed by atoms with van der Waals surface area (Å²) < 4.78 is 0. The number of aromatic nitrogens is 2. The van der Waals surface area contributed by atoms with Gasteiger partial charge in [-0.3, -0.25) is 0 Å². The first kappa shape index (κ1) is 10.8. The van der Waals surface area contributed by atoms with Crippen LogP contribution in [-0.4, -0.2) is 48.1 Å². The van der Waals surface area contributed by atoms with E-state index in [0.717, 1.165) is 38.4 Å². The first-order chi connectivity index (χ1) is 7.79. The van der Waals surface area contributed by atoms with Crippen molar-refractivity contribution >= 4 is 5.82 Å². The minimum absolute atomic E-state index is 0.371. The monoisotopic (exact) mass is 217 g/mol. The van der Waals surface area contributed by atoms with Gasteiger partial charge in [0.25, 0.3) is 0 Å². The molecule has 16 heavy (non-hydrogen) atoms. The molecule has 1 aromatic rings. The van der Waals surface area contributed by atoms with Gasteiger partial charge in [0.15, 0.2) is 5.69 Å². The van der Waals surface area contributed by atoms with Crippen LogP contribution in [0, 0.1) is 11.3 Å². The molecule has 0 aromatic carbocycles. The first-order valence-corrected chi connectivity index (χ1v) is 5.45. The molecule has 1 aromatic heterocycles. The highest BCUT2D eigenvalue weighted by molar-refractivity contribution is 5.37. The highest BCUT2D eigenvalue weighted by atomic mass is 15.2. The van der Waals surface area contributed by atoms with E-state index < -0.39 is 0 Å². The maximum absolute atomic E-state index is 8.65. The number of hydrogen-bond acceptors (Lipinski definition) is 5. The number of nitrogens with zero attached hydrogens (tertiary/aromatic N) is 5. The van der Waals surface area contributed by atoms with Gasteiger partial charge in [-0.15, -0.1) is 0 Å². The van der Waals surface area contributed by atoms with Gasteiger partial charge in [-0.2, -0.15) is 5.26 Å². The highest BCUT2D eigenvalue weighted by Crippen LogP contribution is 2.11. The summed E-state index contributed by atoms with van der Waals surface area (Å²) in [7, 11) is 2.13. The van der Waals surface area contributed by atoms with Crippen molar-refractivity contribution < 1.29 is 0 Å². The molecule has 0 unspecified atom stereocenters. The van der Waals surface area contributed by atoms with E-state index in [0.29, 0.717) is 5.69 Å². The molecule has 1 aliphatic rings. The zero-order chi connectivity index (χ0) is 11.4. The second-order valence-corrected chi connectivity index (χ2v) is 4.02. The molecule has 0 N–H and O–H groups in total. The maximum atomic E-state index is 8.65. The van der Waals surface area contributed by atoms with E-state index in [9.17, 15) is 0 Å². The Hall–Kier alpha value is -1.67. The minimum atomic E-state index is 0.371. The quantitative estimate of drug-likeness (QED) is 0.685. The molecule has 5 nitrogen and oxygen atoms in total. The van der Waals surface area contributed by atoms with Crippen LogP contribution in [0.5, 0.6) is 0 Å². The Morgan fingerprint density at radius 2 is 2.06 bits per heavy atom. The fourth-order valence-electron chi connectivity index (χ4n) is 1.82. The van der Waals surface area contributed by atoms with Crippen LogP contribution >= 0.6 is 0 Å². The van der Waals surface area contributed by atoms with Gasteiger partial charge >= 0.3 is 0 Å². The molecule has 0 saturated carbocycles. The van der Waals surface area contributed by atoms with Gasteiger partial charge in [0.2, 0.25) is 0 Å². The lowest BCUT2D eigenvalue weighted by Gasteiger charge is -2.20. The zero-order valence-electron chi connectivity index (χ0n) is 9.43. The number of rotatable bonds is 1. The number of nitriles is 1. The summed E-state index contributed by atoms with van der Waals surface area (Å²) in [4.78, 5) is 12.8. The van der Waals surface area contributed by atoms with Gasteiger partial charge < -0.3 is 9.80 Å². The lowest BCUT2D eigenvalue weighted by atomic mass is 10.4. The summed E-state index contributed by atoms with van der Waals surface area (Å²) in [5.41, 5.74) is 0.371. The molecule has 2 heterocycles. The topological polar surface area (TPSA) is 56.0 Å². The first-order valence-electron chi connectivity index (χ1n) is 5.45. The Morgan fingerprint density at radius 1 is 1.19 bits per heavy atom. The minimum Gasteiger partial charge on any atom is -0.354 e. The molecule has 1 aliphatic heterocycles. The standard InChI is InChI=1S/C11H15N5/c1-15-3-2-4-16(6-5-15)11-9-13-10(7-12)8-14-11/h8-9H,2-6H2,1H3. The van der Waals surface area contributed by atoms with Crippen LogP contribution in [0.3, 0.4) is 0 Å².